The number of amides is 1. The van der Waals surface area contributed by atoms with E-state index in [1.54, 1.807) is 4.90 Å². The molecule has 0 saturated carbocycles. The minimum atomic E-state index is -3.91. The van der Waals surface area contributed by atoms with Gasteiger partial charge in [-0.2, -0.15) is 4.31 Å². The zero-order chi connectivity index (χ0) is 27.7. The lowest BCUT2D eigenvalue weighted by molar-refractivity contribution is -0.137. The van der Waals surface area contributed by atoms with E-state index in [-0.39, 0.29) is 35.9 Å². The molecule has 1 aromatic heterocycles. The standard InChI is InChI=1S/C28H29ClF2N4O3S/c1-19-4-5-20(29)15-27(19)33-11-13-34(14-12-33)28(36)25-18-35(39(37,38)22-3-2-9-32-17-22)10-8-23(25)24-7-6-21(30)16-26(24)31/h2-7,9,15-17,23,25H,8,10-14,18H2,1H3/t23-,25+/m0/s1. The van der Waals surface area contributed by atoms with Crippen molar-refractivity contribution >= 4 is 33.2 Å². The van der Waals surface area contributed by atoms with Crippen LogP contribution in [0.5, 0.6) is 0 Å². The van der Waals surface area contributed by atoms with Gasteiger partial charge >= 0.3 is 0 Å². The van der Waals surface area contributed by atoms with E-state index < -0.39 is 33.5 Å². The van der Waals surface area contributed by atoms with Crippen molar-refractivity contribution in [2.45, 2.75) is 24.2 Å². The van der Waals surface area contributed by atoms with E-state index in [4.69, 9.17) is 11.6 Å². The summed E-state index contributed by atoms with van der Waals surface area (Å²) in [7, 11) is -3.91. The Morgan fingerprint density at radius 2 is 1.79 bits per heavy atom. The molecule has 0 unspecified atom stereocenters. The fourth-order valence-electron chi connectivity index (χ4n) is 5.54. The van der Waals surface area contributed by atoms with Crippen molar-refractivity contribution in [3.63, 3.8) is 0 Å². The van der Waals surface area contributed by atoms with Gasteiger partial charge in [0, 0.05) is 74.4 Å². The Balaban J connectivity index is 1.40. The van der Waals surface area contributed by atoms with Crippen molar-refractivity contribution < 1.29 is 22.0 Å². The van der Waals surface area contributed by atoms with E-state index in [1.165, 1.54) is 41.0 Å². The minimum absolute atomic E-state index is 0.0353. The Labute approximate surface area is 232 Å². The van der Waals surface area contributed by atoms with E-state index in [0.29, 0.717) is 31.2 Å². The first-order chi connectivity index (χ1) is 18.6. The third kappa shape index (κ3) is 5.64. The number of benzene rings is 2. The summed E-state index contributed by atoms with van der Waals surface area (Å²) in [6.07, 6.45) is 2.98. The number of carbonyl (C=O) groups is 1. The van der Waals surface area contributed by atoms with Crippen LogP contribution in [0.1, 0.15) is 23.5 Å². The number of hydrogen-bond acceptors (Lipinski definition) is 5. The number of piperidine rings is 1. The van der Waals surface area contributed by atoms with Gasteiger partial charge in [0.05, 0.1) is 5.92 Å². The first kappa shape index (κ1) is 27.5. The first-order valence-corrected chi connectivity index (χ1v) is 14.6. The average Bonchev–Trinajstić information content (AvgIpc) is 2.94. The van der Waals surface area contributed by atoms with E-state index in [2.05, 4.69) is 9.88 Å². The van der Waals surface area contributed by atoms with Crippen LogP contribution < -0.4 is 4.90 Å². The number of hydrogen-bond donors (Lipinski definition) is 0. The largest absolute Gasteiger partial charge is 0.368 e. The number of sulfonamides is 1. The van der Waals surface area contributed by atoms with Gasteiger partial charge in [-0.25, -0.2) is 17.2 Å². The zero-order valence-electron chi connectivity index (χ0n) is 21.4. The van der Waals surface area contributed by atoms with Crippen LogP contribution in [0.25, 0.3) is 0 Å². The second kappa shape index (κ2) is 11.2. The summed E-state index contributed by atoms with van der Waals surface area (Å²) in [4.78, 5) is 21.8. The maximum absolute atomic E-state index is 14.9. The predicted octanol–water partition coefficient (Wildman–Crippen LogP) is 4.46. The van der Waals surface area contributed by atoms with Crippen LogP contribution in [0.15, 0.2) is 65.8 Å². The number of nitrogens with zero attached hydrogens (tertiary/aromatic N) is 4. The van der Waals surface area contributed by atoms with Gasteiger partial charge in [0.25, 0.3) is 0 Å². The highest BCUT2D eigenvalue weighted by molar-refractivity contribution is 7.89. The predicted molar refractivity (Wildman–Crippen MR) is 145 cm³/mol. The number of rotatable bonds is 5. The molecule has 2 atom stereocenters. The Kier molecular flexibility index (Phi) is 7.89. The molecule has 3 heterocycles. The fraction of sp³-hybridized carbons (Fsp3) is 0.357. The molecule has 2 saturated heterocycles. The van der Waals surface area contributed by atoms with Crippen LogP contribution in [-0.2, 0) is 14.8 Å². The Hall–Kier alpha value is -3.08. The zero-order valence-corrected chi connectivity index (χ0v) is 23.0. The summed E-state index contributed by atoms with van der Waals surface area (Å²) in [6, 6.07) is 12.0. The van der Waals surface area contributed by atoms with Crippen molar-refractivity contribution in [1.29, 1.82) is 0 Å². The fourth-order valence-corrected chi connectivity index (χ4v) is 7.15. The monoisotopic (exact) mass is 574 g/mol. The molecule has 11 heteroatoms. The third-order valence-corrected chi connectivity index (χ3v) is 9.71. The maximum Gasteiger partial charge on any atom is 0.244 e. The molecular weight excluding hydrogens is 546 g/mol. The summed E-state index contributed by atoms with van der Waals surface area (Å²) >= 11 is 6.21. The van der Waals surface area contributed by atoms with Crippen molar-refractivity contribution in [1.82, 2.24) is 14.2 Å². The molecular formula is C28H29ClF2N4O3S. The van der Waals surface area contributed by atoms with E-state index >= 15 is 0 Å². The number of aromatic nitrogens is 1. The lowest BCUT2D eigenvalue weighted by Crippen LogP contribution is -2.54. The maximum atomic E-state index is 14.9. The highest BCUT2D eigenvalue weighted by atomic mass is 35.5. The number of aryl methyl sites for hydroxylation is 1. The van der Waals surface area contributed by atoms with Crippen LogP contribution in [0.4, 0.5) is 14.5 Å². The molecule has 1 amide bonds. The van der Waals surface area contributed by atoms with Crippen molar-refractivity contribution in [3.05, 3.63) is 88.7 Å². The van der Waals surface area contributed by atoms with Crippen LogP contribution in [-0.4, -0.2) is 67.8 Å². The molecule has 0 N–H and O–H groups in total. The molecule has 0 spiro atoms. The SMILES string of the molecule is Cc1ccc(Cl)cc1N1CCN(C(=O)[C@@H]2CN(S(=O)(=O)c3cccnc3)CC[C@H]2c2ccc(F)cc2F)CC1. The lowest BCUT2D eigenvalue weighted by atomic mass is 9.80. The van der Waals surface area contributed by atoms with Crippen LogP contribution in [0, 0.1) is 24.5 Å². The third-order valence-electron chi connectivity index (χ3n) is 7.63. The lowest BCUT2D eigenvalue weighted by Gasteiger charge is -2.42. The minimum Gasteiger partial charge on any atom is -0.368 e. The molecule has 206 valence electrons. The summed E-state index contributed by atoms with van der Waals surface area (Å²) in [6.45, 7) is 4.00. The second-order valence-electron chi connectivity index (χ2n) is 9.96. The molecule has 2 aliphatic heterocycles. The number of carbonyl (C=O) groups excluding carboxylic acids is 1. The quantitative estimate of drug-likeness (QED) is 0.450. The van der Waals surface area contributed by atoms with E-state index in [0.717, 1.165) is 17.3 Å². The molecule has 0 aliphatic carbocycles. The van der Waals surface area contributed by atoms with E-state index in [1.807, 2.05) is 25.1 Å². The summed E-state index contributed by atoms with van der Waals surface area (Å²) in [5, 5.41) is 0.635. The van der Waals surface area contributed by atoms with Crippen LogP contribution in [0.3, 0.4) is 0 Å². The van der Waals surface area contributed by atoms with Crippen LogP contribution in [0.2, 0.25) is 5.02 Å². The first-order valence-electron chi connectivity index (χ1n) is 12.8. The topological polar surface area (TPSA) is 73.8 Å². The Morgan fingerprint density at radius 3 is 2.49 bits per heavy atom. The van der Waals surface area contributed by atoms with Gasteiger partial charge in [-0.15, -0.1) is 0 Å². The average molecular weight is 575 g/mol. The smallest absolute Gasteiger partial charge is 0.244 e. The van der Waals surface area contributed by atoms with Crippen LogP contribution >= 0.6 is 11.6 Å². The molecule has 7 nitrogen and oxygen atoms in total. The molecule has 0 radical (unpaired) electrons. The number of piperazine rings is 1. The molecule has 0 bridgehead atoms. The second-order valence-corrected chi connectivity index (χ2v) is 12.3. The summed E-state index contributed by atoms with van der Waals surface area (Å²) < 4.78 is 56.6. The number of anilines is 1. The van der Waals surface area contributed by atoms with Crippen molar-refractivity contribution in [3.8, 4) is 0 Å². The van der Waals surface area contributed by atoms with Gasteiger partial charge in [-0.1, -0.05) is 23.7 Å². The molecule has 5 rings (SSSR count). The van der Waals surface area contributed by atoms with Gasteiger partial charge in [-0.3, -0.25) is 9.78 Å². The summed E-state index contributed by atoms with van der Waals surface area (Å²) in [5.74, 6) is -3.10. The van der Waals surface area contributed by atoms with Gasteiger partial charge < -0.3 is 9.80 Å². The molecule has 2 aliphatic rings. The Morgan fingerprint density at radius 1 is 1.03 bits per heavy atom. The highest BCUT2D eigenvalue weighted by Gasteiger charge is 2.42. The van der Waals surface area contributed by atoms with Gasteiger partial charge in [-0.05, 0) is 54.8 Å². The van der Waals surface area contributed by atoms with Crippen molar-refractivity contribution in [2.75, 3.05) is 44.2 Å². The van der Waals surface area contributed by atoms with Gasteiger partial charge in [0.15, 0.2) is 0 Å². The number of pyridine rings is 1. The summed E-state index contributed by atoms with van der Waals surface area (Å²) in [5.41, 5.74) is 2.31. The molecule has 2 aromatic carbocycles. The number of halogens is 3. The molecule has 39 heavy (non-hydrogen) atoms. The Bertz CT molecular complexity index is 1470. The van der Waals surface area contributed by atoms with Gasteiger partial charge in [0.1, 0.15) is 16.5 Å². The highest BCUT2D eigenvalue weighted by Crippen LogP contribution is 2.38. The van der Waals surface area contributed by atoms with Gasteiger partial charge in [0.2, 0.25) is 15.9 Å². The normalized spacial score (nSPS) is 20.7. The molecule has 3 aromatic rings. The molecule has 2 fully saturated rings. The van der Waals surface area contributed by atoms with E-state index in [9.17, 15) is 22.0 Å². The van der Waals surface area contributed by atoms with Crippen molar-refractivity contribution in [2.24, 2.45) is 5.92 Å².